The number of hydrogen-bond acceptors (Lipinski definition) is 2. The topological polar surface area (TPSA) is 18.5 Å². The fraction of sp³-hybridized carbons (Fsp3) is 0.538. The summed E-state index contributed by atoms with van der Waals surface area (Å²) in [4.78, 5) is 0.150. The maximum Gasteiger partial charge on any atom is 0.138 e. The molecule has 0 saturated carbocycles. The highest BCUT2D eigenvalue weighted by atomic mass is 79.9. The summed E-state index contributed by atoms with van der Waals surface area (Å²) < 4.78 is 10.8. The molecule has 0 aromatic heterocycles. The Kier molecular flexibility index (Phi) is 5.19. The molecular formula is C13H15BrCl2O2. The highest BCUT2D eigenvalue weighted by molar-refractivity contribution is 9.09. The van der Waals surface area contributed by atoms with Crippen LogP contribution < -0.4 is 4.74 Å². The molecule has 1 heterocycles. The molecule has 1 aliphatic rings. The third-order valence-corrected chi connectivity index (χ3v) is 4.59. The molecule has 2 rings (SSSR count). The van der Waals surface area contributed by atoms with Crippen LogP contribution in [0.4, 0.5) is 0 Å². The summed E-state index contributed by atoms with van der Waals surface area (Å²) in [5, 5.41) is 1.24. The standard InChI is InChI=1S/C13H15BrCl2O2/c1-17-13-7-11(15)9(6-12(13)16)10(14)5-8-3-2-4-18-8/h6-8,10H,2-5H2,1H3. The van der Waals surface area contributed by atoms with Crippen LogP contribution in [-0.4, -0.2) is 19.8 Å². The summed E-state index contributed by atoms with van der Waals surface area (Å²) in [6.07, 6.45) is 3.47. The summed E-state index contributed by atoms with van der Waals surface area (Å²) in [6, 6.07) is 3.61. The number of halogens is 3. The number of rotatable bonds is 4. The minimum absolute atomic E-state index is 0.150. The van der Waals surface area contributed by atoms with Crippen molar-refractivity contribution in [3.8, 4) is 5.75 Å². The Morgan fingerprint density at radius 1 is 1.44 bits per heavy atom. The van der Waals surface area contributed by atoms with E-state index < -0.39 is 0 Å². The predicted molar refractivity (Wildman–Crippen MR) is 78.3 cm³/mol. The van der Waals surface area contributed by atoms with Crippen LogP contribution in [0.15, 0.2) is 12.1 Å². The van der Waals surface area contributed by atoms with Gasteiger partial charge < -0.3 is 9.47 Å². The van der Waals surface area contributed by atoms with Gasteiger partial charge in [-0.3, -0.25) is 0 Å². The van der Waals surface area contributed by atoms with Crippen molar-refractivity contribution in [1.82, 2.24) is 0 Å². The molecule has 2 unspecified atom stereocenters. The first-order valence-corrected chi connectivity index (χ1v) is 7.57. The Bertz CT molecular complexity index is 420. The highest BCUT2D eigenvalue weighted by Gasteiger charge is 2.22. The lowest BCUT2D eigenvalue weighted by molar-refractivity contribution is 0.104. The monoisotopic (exact) mass is 352 g/mol. The molecule has 0 bridgehead atoms. The number of alkyl halides is 1. The van der Waals surface area contributed by atoms with Crippen LogP contribution in [0.5, 0.6) is 5.75 Å². The molecule has 2 atom stereocenters. The van der Waals surface area contributed by atoms with Crippen LogP contribution in [0.25, 0.3) is 0 Å². The van der Waals surface area contributed by atoms with Crippen molar-refractivity contribution < 1.29 is 9.47 Å². The molecule has 1 aliphatic heterocycles. The second kappa shape index (κ2) is 6.47. The van der Waals surface area contributed by atoms with Gasteiger partial charge in [-0.1, -0.05) is 39.1 Å². The minimum atomic E-state index is 0.150. The van der Waals surface area contributed by atoms with Gasteiger partial charge in [0.15, 0.2) is 0 Å². The maximum absolute atomic E-state index is 6.25. The molecule has 1 aromatic rings. The lowest BCUT2D eigenvalue weighted by Crippen LogP contribution is -2.08. The average molecular weight is 354 g/mol. The molecule has 0 N–H and O–H groups in total. The zero-order chi connectivity index (χ0) is 13.1. The van der Waals surface area contributed by atoms with Gasteiger partial charge in [0, 0.05) is 22.5 Å². The largest absolute Gasteiger partial charge is 0.495 e. The SMILES string of the molecule is COc1cc(Cl)c(C(Br)CC2CCCO2)cc1Cl. The van der Waals surface area contributed by atoms with Gasteiger partial charge in [-0.25, -0.2) is 0 Å². The zero-order valence-electron chi connectivity index (χ0n) is 10.1. The summed E-state index contributed by atoms with van der Waals surface area (Å²) in [6.45, 7) is 0.863. The van der Waals surface area contributed by atoms with E-state index in [0.29, 0.717) is 21.9 Å². The molecular weight excluding hydrogens is 339 g/mol. The lowest BCUT2D eigenvalue weighted by atomic mass is 10.0. The second-order valence-corrected chi connectivity index (χ2v) is 6.27. The average Bonchev–Trinajstić information content (AvgIpc) is 2.84. The van der Waals surface area contributed by atoms with E-state index in [1.165, 1.54) is 0 Å². The summed E-state index contributed by atoms with van der Waals surface area (Å²) >= 11 is 16.0. The van der Waals surface area contributed by atoms with E-state index in [1.807, 2.05) is 6.07 Å². The van der Waals surface area contributed by atoms with Crippen LogP contribution in [0, 0.1) is 0 Å². The molecule has 1 fully saturated rings. The molecule has 2 nitrogen and oxygen atoms in total. The predicted octanol–water partition coefficient (Wildman–Crippen LogP) is 5.01. The minimum Gasteiger partial charge on any atom is -0.495 e. The van der Waals surface area contributed by atoms with Crippen molar-refractivity contribution in [3.63, 3.8) is 0 Å². The van der Waals surface area contributed by atoms with Crippen LogP contribution in [0.1, 0.15) is 29.7 Å². The normalized spacial score (nSPS) is 21.0. The van der Waals surface area contributed by atoms with Crippen molar-refractivity contribution >= 4 is 39.1 Å². The number of ether oxygens (including phenoxy) is 2. The fourth-order valence-electron chi connectivity index (χ4n) is 2.13. The first kappa shape index (κ1) is 14.4. The van der Waals surface area contributed by atoms with Crippen LogP contribution >= 0.6 is 39.1 Å². The van der Waals surface area contributed by atoms with Gasteiger partial charge in [-0.2, -0.15) is 0 Å². The van der Waals surface area contributed by atoms with E-state index in [0.717, 1.165) is 31.4 Å². The van der Waals surface area contributed by atoms with Gasteiger partial charge in [0.25, 0.3) is 0 Å². The Balaban J connectivity index is 2.13. The molecule has 18 heavy (non-hydrogen) atoms. The third kappa shape index (κ3) is 3.32. The van der Waals surface area contributed by atoms with E-state index in [1.54, 1.807) is 13.2 Å². The van der Waals surface area contributed by atoms with E-state index in [9.17, 15) is 0 Å². The van der Waals surface area contributed by atoms with E-state index in [2.05, 4.69) is 15.9 Å². The zero-order valence-corrected chi connectivity index (χ0v) is 13.2. The van der Waals surface area contributed by atoms with Gasteiger partial charge in [0.1, 0.15) is 5.75 Å². The van der Waals surface area contributed by atoms with Gasteiger partial charge in [-0.15, -0.1) is 0 Å². The molecule has 1 saturated heterocycles. The van der Waals surface area contributed by atoms with Crippen molar-refractivity contribution in [3.05, 3.63) is 27.7 Å². The quantitative estimate of drug-likeness (QED) is 0.708. The van der Waals surface area contributed by atoms with Gasteiger partial charge >= 0.3 is 0 Å². The Morgan fingerprint density at radius 2 is 2.22 bits per heavy atom. The van der Waals surface area contributed by atoms with Crippen molar-refractivity contribution in [2.75, 3.05) is 13.7 Å². The molecule has 0 radical (unpaired) electrons. The molecule has 100 valence electrons. The molecule has 0 aliphatic carbocycles. The lowest BCUT2D eigenvalue weighted by Gasteiger charge is -2.17. The summed E-state index contributed by atoms with van der Waals surface area (Å²) in [5.41, 5.74) is 0.984. The van der Waals surface area contributed by atoms with Crippen LogP contribution in [0.2, 0.25) is 10.0 Å². The number of methoxy groups -OCH3 is 1. The molecule has 5 heteroatoms. The van der Waals surface area contributed by atoms with E-state index in [4.69, 9.17) is 32.7 Å². The Morgan fingerprint density at radius 3 is 2.83 bits per heavy atom. The van der Waals surface area contributed by atoms with Gasteiger partial charge in [-0.05, 0) is 30.9 Å². The third-order valence-electron chi connectivity index (χ3n) is 3.10. The maximum atomic E-state index is 6.25. The first-order valence-electron chi connectivity index (χ1n) is 5.90. The van der Waals surface area contributed by atoms with Crippen molar-refractivity contribution in [2.24, 2.45) is 0 Å². The first-order chi connectivity index (χ1) is 8.61. The smallest absolute Gasteiger partial charge is 0.138 e. The van der Waals surface area contributed by atoms with Crippen molar-refractivity contribution in [1.29, 1.82) is 0 Å². The molecule has 0 spiro atoms. The highest BCUT2D eigenvalue weighted by Crippen LogP contribution is 2.40. The van der Waals surface area contributed by atoms with Gasteiger partial charge in [0.05, 0.1) is 18.2 Å². The second-order valence-electron chi connectivity index (χ2n) is 4.35. The van der Waals surface area contributed by atoms with Crippen LogP contribution in [0.3, 0.4) is 0 Å². The van der Waals surface area contributed by atoms with Crippen LogP contribution in [-0.2, 0) is 4.74 Å². The molecule has 0 amide bonds. The summed E-state index contributed by atoms with van der Waals surface area (Å²) in [5.74, 6) is 0.599. The fourth-order valence-corrected chi connectivity index (χ4v) is 3.59. The Labute approximate surface area is 126 Å². The van der Waals surface area contributed by atoms with Crippen molar-refractivity contribution in [2.45, 2.75) is 30.2 Å². The number of hydrogen-bond donors (Lipinski definition) is 0. The summed E-state index contributed by atoms with van der Waals surface area (Å²) in [7, 11) is 1.58. The number of benzene rings is 1. The van der Waals surface area contributed by atoms with Gasteiger partial charge in [0.2, 0.25) is 0 Å². The Hall–Kier alpha value is 0.0400. The van der Waals surface area contributed by atoms with E-state index >= 15 is 0 Å². The molecule has 1 aromatic carbocycles. The van der Waals surface area contributed by atoms with E-state index in [-0.39, 0.29) is 4.83 Å².